The molecule has 1 aliphatic heterocycles. The maximum atomic E-state index is 13.2. The average molecular weight is 441 g/mol. The number of hydrogen-bond donors (Lipinski definition) is 2. The fourth-order valence-electron chi connectivity index (χ4n) is 2.98. The first kappa shape index (κ1) is 21.4. The first-order valence-electron chi connectivity index (χ1n) is 9.08. The van der Waals surface area contributed by atoms with E-state index < -0.39 is 32.7 Å². The van der Waals surface area contributed by atoms with Gasteiger partial charge in [0.05, 0.1) is 11.0 Å². The van der Waals surface area contributed by atoms with Crippen molar-refractivity contribution in [3.05, 3.63) is 52.5 Å². The van der Waals surface area contributed by atoms with Crippen molar-refractivity contribution >= 4 is 33.0 Å². The van der Waals surface area contributed by atoms with Crippen LogP contribution in [0.25, 0.3) is 0 Å². The van der Waals surface area contributed by atoms with Gasteiger partial charge in [-0.3, -0.25) is 9.59 Å². The highest BCUT2D eigenvalue weighted by molar-refractivity contribution is 7.91. The summed E-state index contributed by atoms with van der Waals surface area (Å²) in [6.07, 6.45) is 1.62. The van der Waals surface area contributed by atoms with Gasteiger partial charge in [0, 0.05) is 24.6 Å². The van der Waals surface area contributed by atoms with Crippen LogP contribution in [0.4, 0.5) is 4.39 Å². The first-order chi connectivity index (χ1) is 13.9. The number of carbonyl (C=O) groups is 2. The molecule has 3 rings (SSSR count). The summed E-state index contributed by atoms with van der Waals surface area (Å²) in [5, 5.41) is 5.52. The predicted octanol–water partition coefficient (Wildman–Crippen LogP) is 1.81. The zero-order valence-electron chi connectivity index (χ0n) is 15.5. The summed E-state index contributed by atoms with van der Waals surface area (Å²) >= 11 is 1.22. The minimum Gasteiger partial charge on any atom is -0.376 e. The zero-order valence-corrected chi connectivity index (χ0v) is 17.1. The van der Waals surface area contributed by atoms with Crippen LogP contribution in [0.15, 0.2) is 46.7 Å². The minimum absolute atomic E-state index is 0.0608. The van der Waals surface area contributed by atoms with Crippen molar-refractivity contribution in [2.24, 2.45) is 0 Å². The van der Waals surface area contributed by atoms with Crippen molar-refractivity contribution in [3.8, 4) is 0 Å². The topological polar surface area (TPSA) is 102 Å². The fourth-order valence-corrected chi connectivity index (χ4v) is 5.77. The molecule has 2 N–H and O–H groups in total. The van der Waals surface area contributed by atoms with Gasteiger partial charge in [-0.2, -0.15) is 0 Å². The number of nitrogens with one attached hydrogen (secondary N) is 2. The van der Waals surface area contributed by atoms with Gasteiger partial charge in [-0.15, -0.1) is 11.3 Å². The highest BCUT2D eigenvalue weighted by atomic mass is 32.2. The van der Waals surface area contributed by atoms with Gasteiger partial charge in [0.15, 0.2) is 9.84 Å². The van der Waals surface area contributed by atoms with Gasteiger partial charge in [0.1, 0.15) is 11.1 Å². The zero-order chi connectivity index (χ0) is 20.9. The van der Waals surface area contributed by atoms with E-state index in [0.29, 0.717) is 11.5 Å². The second-order valence-electron chi connectivity index (χ2n) is 6.56. The lowest BCUT2D eigenvalue weighted by atomic mass is 10.2. The average Bonchev–Trinajstić information content (AvgIpc) is 3.40. The molecule has 1 aromatic heterocycles. The normalized spacial score (nSPS) is 17.6. The Hall–Kier alpha value is -2.30. The Balaban J connectivity index is 1.67. The van der Waals surface area contributed by atoms with E-state index in [1.807, 2.05) is 0 Å². The Labute approximate surface area is 172 Å². The second-order valence-corrected chi connectivity index (χ2v) is 9.67. The molecule has 0 spiro atoms. The molecule has 10 heteroatoms. The molecule has 29 heavy (non-hydrogen) atoms. The Bertz CT molecular complexity index is 939. The van der Waals surface area contributed by atoms with E-state index in [2.05, 4.69) is 10.6 Å². The van der Waals surface area contributed by atoms with E-state index in [0.717, 1.165) is 25.0 Å². The van der Waals surface area contributed by atoms with E-state index in [-0.39, 0.29) is 24.1 Å². The van der Waals surface area contributed by atoms with Crippen LogP contribution in [0, 0.1) is 5.82 Å². The molecule has 0 unspecified atom stereocenters. The number of benzene rings is 1. The number of thiophene rings is 1. The maximum absolute atomic E-state index is 13.2. The molecule has 1 aliphatic rings. The third-order valence-corrected chi connectivity index (χ3v) is 7.78. The van der Waals surface area contributed by atoms with Crippen molar-refractivity contribution < 1.29 is 27.1 Å². The van der Waals surface area contributed by atoms with Gasteiger partial charge in [0.2, 0.25) is 0 Å². The Morgan fingerprint density at radius 3 is 2.52 bits per heavy atom. The summed E-state index contributed by atoms with van der Waals surface area (Å²) in [4.78, 5) is 24.6. The number of carbonyl (C=O) groups excluding carboxylic acids is 2. The van der Waals surface area contributed by atoms with Gasteiger partial charge in [-0.25, -0.2) is 12.8 Å². The highest BCUT2D eigenvalue weighted by Crippen LogP contribution is 2.31. The summed E-state index contributed by atoms with van der Waals surface area (Å²) in [5.74, 6) is -2.31. The molecule has 1 fully saturated rings. The van der Waals surface area contributed by atoms with E-state index in [9.17, 15) is 22.4 Å². The van der Waals surface area contributed by atoms with Gasteiger partial charge >= 0.3 is 11.8 Å². The van der Waals surface area contributed by atoms with Crippen LogP contribution in [0.3, 0.4) is 0 Å². The molecule has 0 bridgehead atoms. The van der Waals surface area contributed by atoms with Crippen LogP contribution in [-0.4, -0.2) is 46.0 Å². The Morgan fingerprint density at radius 2 is 1.90 bits per heavy atom. The molecule has 2 heterocycles. The Kier molecular flexibility index (Phi) is 6.99. The second kappa shape index (κ2) is 9.47. The quantitative estimate of drug-likeness (QED) is 0.505. The van der Waals surface area contributed by atoms with Gasteiger partial charge < -0.3 is 15.4 Å². The number of sulfone groups is 1. The van der Waals surface area contributed by atoms with Crippen LogP contribution >= 0.6 is 11.3 Å². The number of ether oxygens (including phenoxy) is 1. The lowest BCUT2D eigenvalue weighted by molar-refractivity contribution is -0.139. The summed E-state index contributed by atoms with van der Waals surface area (Å²) in [7, 11) is -3.91. The van der Waals surface area contributed by atoms with Gasteiger partial charge in [0.25, 0.3) is 0 Å². The molecule has 7 nitrogen and oxygen atoms in total. The monoisotopic (exact) mass is 440 g/mol. The maximum Gasteiger partial charge on any atom is 0.309 e. The molecule has 0 saturated carbocycles. The predicted molar refractivity (Wildman–Crippen MR) is 106 cm³/mol. The van der Waals surface area contributed by atoms with E-state index in [1.54, 1.807) is 17.5 Å². The molecular weight excluding hydrogens is 419 g/mol. The van der Waals surface area contributed by atoms with E-state index >= 15 is 0 Å². The highest BCUT2D eigenvalue weighted by Gasteiger charge is 2.31. The smallest absolute Gasteiger partial charge is 0.309 e. The standard InChI is InChI=1S/C19H21FN2O5S2/c20-13-5-7-15(8-6-13)29(25,26)17(16-4-2-10-28-16)12-22-19(24)18(23)21-11-14-3-1-9-27-14/h2,4-8,10,14,17H,1,3,9,11-12H2,(H,21,23)(H,22,24)/t14-,17-/m1/s1. The summed E-state index contributed by atoms with van der Waals surface area (Å²) in [6, 6.07) is 7.83. The molecule has 0 radical (unpaired) electrons. The molecule has 2 amide bonds. The summed E-state index contributed by atoms with van der Waals surface area (Å²) in [6.45, 7) is 0.581. The summed E-state index contributed by atoms with van der Waals surface area (Å²) in [5.41, 5.74) is 0. The number of hydrogen-bond acceptors (Lipinski definition) is 6. The van der Waals surface area contributed by atoms with Gasteiger partial charge in [-0.05, 0) is 48.6 Å². The van der Waals surface area contributed by atoms with Crippen molar-refractivity contribution in [1.29, 1.82) is 0 Å². The van der Waals surface area contributed by atoms with E-state index in [1.165, 1.54) is 23.5 Å². The third kappa shape index (κ3) is 5.40. The number of amides is 2. The van der Waals surface area contributed by atoms with E-state index in [4.69, 9.17) is 4.74 Å². The molecule has 156 valence electrons. The van der Waals surface area contributed by atoms with Crippen molar-refractivity contribution in [2.75, 3.05) is 19.7 Å². The largest absolute Gasteiger partial charge is 0.376 e. The lowest BCUT2D eigenvalue weighted by Crippen LogP contribution is -2.44. The van der Waals surface area contributed by atoms with Crippen LogP contribution in [0.5, 0.6) is 0 Å². The van der Waals surface area contributed by atoms with Crippen LogP contribution in [-0.2, 0) is 24.2 Å². The number of halogens is 1. The fraction of sp³-hybridized carbons (Fsp3) is 0.368. The molecular formula is C19H21FN2O5S2. The summed E-state index contributed by atoms with van der Waals surface area (Å²) < 4.78 is 44.6. The molecule has 1 aromatic carbocycles. The third-order valence-electron chi connectivity index (χ3n) is 4.55. The lowest BCUT2D eigenvalue weighted by Gasteiger charge is -2.17. The Morgan fingerprint density at radius 1 is 1.17 bits per heavy atom. The molecule has 1 saturated heterocycles. The molecule has 0 aliphatic carbocycles. The number of rotatable bonds is 7. The van der Waals surface area contributed by atoms with Crippen LogP contribution in [0.2, 0.25) is 0 Å². The molecule has 2 atom stereocenters. The SMILES string of the molecule is O=C(NC[C@H]1CCCO1)C(=O)NC[C@H](c1cccs1)S(=O)(=O)c1ccc(F)cc1. The first-order valence-corrected chi connectivity index (χ1v) is 11.5. The van der Waals surface area contributed by atoms with Gasteiger partial charge in [-0.1, -0.05) is 6.07 Å². The van der Waals surface area contributed by atoms with Crippen LogP contribution < -0.4 is 10.6 Å². The van der Waals surface area contributed by atoms with Crippen LogP contribution in [0.1, 0.15) is 23.0 Å². The van der Waals surface area contributed by atoms with Crippen molar-refractivity contribution in [1.82, 2.24) is 10.6 Å². The van der Waals surface area contributed by atoms with Crippen molar-refractivity contribution in [3.63, 3.8) is 0 Å². The molecule has 2 aromatic rings. The minimum atomic E-state index is -3.91. The van der Waals surface area contributed by atoms with Crippen molar-refractivity contribution in [2.45, 2.75) is 29.1 Å².